The molecule has 0 unspecified atom stereocenters. The number of nitro groups is 1. The lowest BCUT2D eigenvalue weighted by atomic mass is 10.1. The maximum Gasteiger partial charge on any atom is 0.310 e. The molecule has 0 saturated carbocycles. The summed E-state index contributed by atoms with van der Waals surface area (Å²) in [5.41, 5.74) is 0.0450. The van der Waals surface area contributed by atoms with E-state index in [1.165, 1.54) is 12.3 Å². The van der Waals surface area contributed by atoms with Crippen LogP contribution < -0.4 is 0 Å². The van der Waals surface area contributed by atoms with Gasteiger partial charge in [-0.2, -0.15) is 0 Å². The van der Waals surface area contributed by atoms with Crippen molar-refractivity contribution >= 4 is 23.2 Å². The Labute approximate surface area is 109 Å². The molecule has 1 aliphatic rings. The van der Waals surface area contributed by atoms with Crippen molar-refractivity contribution in [3.8, 4) is 0 Å². The van der Waals surface area contributed by atoms with Gasteiger partial charge in [-0.3, -0.25) is 14.9 Å². The maximum absolute atomic E-state index is 11.9. The van der Waals surface area contributed by atoms with Crippen molar-refractivity contribution in [1.82, 2.24) is 9.88 Å². The highest BCUT2D eigenvalue weighted by Gasteiger charge is 2.24. The number of carbonyl (C=O) groups excluding carboxylic acids is 1. The molecule has 96 valence electrons. The average Bonchev–Trinajstić information content (AvgIpc) is 2.81. The summed E-state index contributed by atoms with van der Waals surface area (Å²) in [6.45, 7) is 1.46. The molecule has 1 aliphatic heterocycles. The molecule has 0 N–H and O–H groups in total. The molecule has 6 nitrogen and oxygen atoms in total. The zero-order valence-corrected chi connectivity index (χ0v) is 10.4. The van der Waals surface area contributed by atoms with E-state index in [2.05, 4.69) is 4.98 Å². The lowest BCUT2D eigenvalue weighted by Gasteiger charge is -2.14. The summed E-state index contributed by atoms with van der Waals surface area (Å²) in [6.07, 6.45) is 3.36. The molecule has 0 aromatic carbocycles. The first kappa shape index (κ1) is 12.8. The SMILES string of the molecule is O=C(Cc1ccnc(Cl)c1[N+](=O)[O-])N1CCCC1. The van der Waals surface area contributed by atoms with Crippen LogP contribution in [0.25, 0.3) is 0 Å². The molecule has 0 radical (unpaired) electrons. The molecule has 1 fully saturated rings. The van der Waals surface area contributed by atoms with Gasteiger partial charge in [0.15, 0.2) is 0 Å². The minimum absolute atomic E-state index is 0.00144. The summed E-state index contributed by atoms with van der Waals surface area (Å²) in [6, 6.07) is 1.47. The Bertz CT molecular complexity index is 486. The van der Waals surface area contributed by atoms with Gasteiger partial charge in [0, 0.05) is 24.8 Å². The standard InChI is InChI=1S/C11H12ClN3O3/c12-11-10(15(17)18)8(3-4-13-11)7-9(16)14-5-1-2-6-14/h3-4H,1-2,5-7H2. The number of likely N-dealkylation sites (tertiary alicyclic amines) is 1. The van der Waals surface area contributed by atoms with E-state index >= 15 is 0 Å². The summed E-state index contributed by atoms with van der Waals surface area (Å²) in [5, 5.41) is 10.7. The molecule has 18 heavy (non-hydrogen) atoms. The van der Waals surface area contributed by atoms with Crippen molar-refractivity contribution < 1.29 is 9.72 Å². The van der Waals surface area contributed by atoms with Gasteiger partial charge in [-0.25, -0.2) is 4.98 Å². The number of hydrogen-bond acceptors (Lipinski definition) is 4. The minimum atomic E-state index is -0.595. The Kier molecular flexibility index (Phi) is 3.76. The highest BCUT2D eigenvalue weighted by atomic mass is 35.5. The molecule has 1 amide bonds. The molecule has 0 bridgehead atoms. The summed E-state index contributed by atoms with van der Waals surface area (Å²) in [5.74, 6) is -0.0992. The summed E-state index contributed by atoms with van der Waals surface area (Å²) in [7, 11) is 0. The number of rotatable bonds is 3. The second kappa shape index (κ2) is 5.30. The number of amides is 1. The maximum atomic E-state index is 11.9. The summed E-state index contributed by atoms with van der Waals surface area (Å²) >= 11 is 5.69. The van der Waals surface area contributed by atoms with Crippen LogP contribution in [-0.2, 0) is 11.2 Å². The zero-order chi connectivity index (χ0) is 13.1. The predicted molar refractivity (Wildman–Crippen MR) is 65.4 cm³/mol. The molecule has 1 saturated heterocycles. The average molecular weight is 270 g/mol. The topological polar surface area (TPSA) is 76.3 Å². The third-order valence-electron chi connectivity index (χ3n) is 2.95. The Morgan fingerprint density at radius 3 is 2.78 bits per heavy atom. The fourth-order valence-corrected chi connectivity index (χ4v) is 2.29. The summed E-state index contributed by atoms with van der Waals surface area (Å²) < 4.78 is 0. The van der Waals surface area contributed by atoms with E-state index < -0.39 is 4.92 Å². The normalized spacial score (nSPS) is 14.8. The van der Waals surface area contributed by atoms with Crippen molar-refractivity contribution in [2.24, 2.45) is 0 Å². The number of pyridine rings is 1. The third-order valence-corrected chi connectivity index (χ3v) is 3.22. The van der Waals surface area contributed by atoms with E-state index in [9.17, 15) is 14.9 Å². The number of carbonyl (C=O) groups is 1. The molecule has 0 spiro atoms. The van der Waals surface area contributed by atoms with Crippen molar-refractivity contribution in [2.45, 2.75) is 19.3 Å². The fraction of sp³-hybridized carbons (Fsp3) is 0.455. The molecule has 7 heteroatoms. The molecule has 1 aromatic rings. The molecular formula is C11H12ClN3O3. The van der Waals surface area contributed by atoms with Gasteiger partial charge in [0.05, 0.1) is 11.3 Å². The molecule has 1 aromatic heterocycles. The summed E-state index contributed by atoms with van der Waals surface area (Å²) in [4.78, 5) is 27.6. The Morgan fingerprint density at radius 2 is 2.17 bits per heavy atom. The van der Waals surface area contributed by atoms with Gasteiger partial charge in [-0.15, -0.1) is 0 Å². The van der Waals surface area contributed by atoms with E-state index in [-0.39, 0.29) is 23.2 Å². The smallest absolute Gasteiger partial charge is 0.310 e. The first-order chi connectivity index (χ1) is 8.59. The highest BCUT2D eigenvalue weighted by molar-refractivity contribution is 6.31. The van der Waals surface area contributed by atoms with Crippen LogP contribution in [-0.4, -0.2) is 33.8 Å². The third kappa shape index (κ3) is 2.59. The van der Waals surface area contributed by atoms with E-state index in [1.807, 2.05) is 0 Å². The van der Waals surface area contributed by atoms with Gasteiger partial charge < -0.3 is 4.90 Å². The van der Waals surface area contributed by atoms with Crippen LogP contribution in [0.4, 0.5) is 5.69 Å². The van der Waals surface area contributed by atoms with Gasteiger partial charge in [0.2, 0.25) is 11.1 Å². The molecule has 2 heterocycles. The van der Waals surface area contributed by atoms with Crippen molar-refractivity contribution in [3.63, 3.8) is 0 Å². The first-order valence-corrected chi connectivity index (χ1v) is 6.03. The highest BCUT2D eigenvalue weighted by Crippen LogP contribution is 2.26. The molecule has 2 rings (SSSR count). The molecule has 0 atom stereocenters. The number of hydrogen-bond donors (Lipinski definition) is 0. The van der Waals surface area contributed by atoms with E-state index in [0.717, 1.165) is 25.9 Å². The van der Waals surface area contributed by atoms with Gasteiger partial charge in [0.25, 0.3) is 0 Å². The number of aromatic nitrogens is 1. The van der Waals surface area contributed by atoms with Gasteiger partial charge in [-0.1, -0.05) is 11.6 Å². The van der Waals surface area contributed by atoms with E-state index in [4.69, 9.17) is 11.6 Å². The number of nitrogens with zero attached hydrogens (tertiary/aromatic N) is 3. The van der Waals surface area contributed by atoms with Crippen LogP contribution in [0.3, 0.4) is 0 Å². The lowest BCUT2D eigenvalue weighted by molar-refractivity contribution is -0.385. The van der Waals surface area contributed by atoms with Crippen molar-refractivity contribution in [1.29, 1.82) is 0 Å². The Morgan fingerprint density at radius 1 is 1.50 bits per heavy atom. The number of halogens is 1. The van der Waals surface area contributed by atoms with E-state index in [0.29, 0.717) is 5.56 Å². The van der Waals surface area contributed by atoms with Crippen LogP contribution in [0.5, 0.6) is 0 Å². The molecular weight excluding hydrogens is 258 g/mol. The largest absolute Gasteiger partial charge is 0.342 e. The predicted octanol–water partition coefficient (Wildman–Crippen LogP) is 1.81. The Hall–Kier alpha value is -1.69. The second-order valence-corrected chi connectivity index (χ2v) is 4.49. The zero-order valence-electron chi connectivity index (χ0n) is 9.63. The van der Waals surface area contributed by atoms with Crippen LogP contribution in [0.2, 0.25) is 5.15 Å². The quantitative estimate of drug-likeness (QED) is 0.476. The van der Waals surface area contributed by atoms with Crippen LogP contribution >= 0.6 is 11.6 Å². The van der Waals surface area contributed by atoms with E-state index in [1.54, 1.807) is 4.90 Å². The first-order valence-electron chi connectivity index (χ1n) is 5.65. The van der Waals surface area contributed by atoms with Gasteiger partial charge in [-0.05, 0) is 18.9 Å². The van der Waals surface area contributed by atoms with Crippen molar-refractivity contribution in [3.05, 3.63) is 33.1 Å². The monoisotopic (exact) mass is 269 g/mol. The lowest BCUT2D eigenvalue weighted by Crippen LogP contribution is -2.29. The van der Waals surface area contributed by atoms with Crippen LogP contribution in [0, 0.1) is 10.1 Å². The van der Waals surface area contributed by atoms with Gasteiger partial charge >= 0.3 is 5.69 Å². The Balaban J connectivity index is 2.20. The second-order valence-electron chi connectivity index (χ2n) is 4.13. The van der Waals surface area contributed by atoms with Crippen LogP contribution in [0.1, 0.15) is 18.4 Å². The molecule has 0 aliphatic carbocycles. The fourth-order valence-electron chi connectivity index (χ4n) is 2.04. The minimum Gasteiger partial charge on any atom is -0.342 e. The van der Waals surface area contributed by atoms with Gasteiger partial charge in [0.1, 0.15) is 0 Å². The van der Waals surface area contributed by atoms with Crippen molar-refractivity contribution in [2.75, 3.05) is 13.1 Å². The van der Waals surface area contributed by atoms with Crippen LogP contribution in [0.15, 0.2) is 12.3 Å².